The number of hydrogen-bond acceptors (Lipinski definition) is 4. The molecule has 4 fully saturated rings. The van der Waals surface area contributed by atoms with Crippen molar-refractivity contribution in [2.75, 3.05) is 13.1 Å². The van der Waals surface area contributed by atoms with Gasteiger partial charge in [-0.1, -0.05) is 6.08 Å². The number of carbonyl (C=O) groups excluding carboxylic acids is 3. The summed E-state index contributed by atoms with van der Waals surface area (Å²) in [7, 11) is 0. The lowest BCUT2D eigenvalue weighted by Crippen LogP contribution is -2.67. The van der Waals surface area contributed by atoms with Gasteiger partial charge in [0.05, 0.1) is 5.92 Å². The summed E-state index contributed by atoms with van der Waals surface area (Å²) < 4.78 is 5.67. The van der Waals surface area contributed by atoms with Gasteiger partial charge in [-0.25, -0.2) is 4.79 Å². The van der Waals surface area contributed by atoms with Gasteiger partial charge in [-0.2, -0.15) is 0 Å². The molecule has 5 atom stereocenters. The van der Waals surface area contributed by atoms with E-state index in [1.165, 1.54) is 0 Å². The van der Waals surface area contributed by atoms with Crippen LogP contribution in [0.25, 0.3) is 0 Å². The molecule has 142 valence electrons. The van der Waals surface area contributed by atoms with Gasteiger partial charge in [-0.05, 0) is 39.0 Å². The first kappa shape index (κ1) is 17.6. The Kier molecular flexibility index (Phi) is 4.53. The second-order valence-electron chi connectivity index (χ2n) is 8.23. The van der Waals surface area contributed by atoms with Gasteiger partial charge >= 0.3 is 5.97 Å². The molecular formula is C20H28N2O4. The van der Waals surface area contributed by atoms with Crippen molar-refractivity contribution in [1.29, 1.82) is 0 Å². The Morgan fingerprint density at radius 2 is 1.96 bits per heavy atom. The van der Waals surface area contributed by atoms with Gasteiger partial charge in [0.25, 0.3) is 0 Å². The van der Waals surface area contributed by atoms with Crippen molar-refractivity contribution in [3.05, 3.63) is 11.6 Å². The summed E-state index contributed by atoms with van der Waals surface area (Å²) in [6.07, 6.45) is 6.37. The van der Waals surface area contributed by atoms with Crippen molar-refractivity contribution in [2.45, 2.75) is 70.6 Å². The summed E-state index contributed by atoms with van der Waals surface area (Å²) in [5.74, 6) is 0.435. The van der Waals surface area contributed by atoms with E-state index in [9.17, 15) is 14.4 Å². The second-order valence-corrected chi connectivity index (χ2v) is 8.23. The first-order valence-corrected chi connectivity index (χ1v) is 9.93. The number of carbonyl (C=O) groups is 3. The number of ether oxygens (including phenoxy) is 1. The Hall–Kier alpha value is -1.85. The standard InChI is InChI=1S/C20H28N2O4/c1-3-12(2)20(25)26-14-7-8-21-17(10-14)13-9-15(19(21)24)16-5-4-6-18(23)22(16)11-13/h3,13-17H,4-11H2,1-2H3. The van der Waals surface area contributed by atoms with Crippen LogP contribution in [0.1, 0.15) is 52.4 Å². The van der Waals surface area contributed by atoms with Crippen LogP contribution < -0.4 is 0 Å². The zero-order chi connectivity index (χ0) is 18.4. The molecule has 2 amide bonds. The van der Waals surface area contributed by atoms with Crippen molar-refractivity contribution < 1.29 is 19.1 Å². The van der Waals surface area contributed by atoms with E-state index in [0.717, 1.165) is 25.8 Å². The Bertz CT molecular complexity index is 658. The Balaban J connectivity index is 1.50. The van der Waals surface area contributed by atoms with Crippen molar-refractivity contribution in [3.8, 4) is 0 Å². The number of esters is 1. The maximum atomic E-state index is 13.1. The minimum absolute atomic E-state index is 0.0291. The predicted molar refractivity (Wildman–Crippen MR) is 95.0 cm³/mol. The van der Waals surface area contributed by atoms with E-state index in [2.05, 4.69) is 0 Å². The molecule has 26 heavy (non-hydrogen) atoms. The zero-order valence-corrected chi connectivity index (χ0v) is 15.6. The van der Waals surface area contributed by atoms with E-state index >= 15 is 0 Å². The van der Waals surface area contributed by atoms with E-state index in [-0.39, 0.29) is 41.9 Å². The van der Waals surface area contributed by atoms with E-state index in [4.69, 9.17) is 4.74 Å². The van der Waals surface area contributed by atoms with Crippen LogP contribution in [0.2, 0.25) is 0 Å². The molecule has 4 aliphatic rings. The summed E-state index contributed by atoms with van der Waals surface area (Å²) in [5.41, 5.74) is 0.617. The number of rotatable bonds is 2. The lowest BCUT2D eigenvalue weighted by atomic mass is 9.70. The fourth-order valence-electron chi connectivity index (χ4n) is 5.32. The summed E-state index contributed by atoms with van der Waals surface area (Å²) in [5, 5.41) is 0. The van der Waals surface area contributed by atoms with Gasteiger partial charge in [0.15, 0.2) is 0 Å². The number of allylic oxidation sites excluding steroid dienone is 1. The van der Waals surface area contributed by atoms with E-state index in [1.54, 1.807) is 13.0 Å². The fraction of sp³-hybridized carbons (Fsp3) is 0.750. The minimum Gasteiger partial charge on any atom is -0.459 e. The fourth-order valence-corrected chi connectivity index (χ4v) is 5.32. The molecule has 4 rings (SSSR count). The van der Waals surface area contributed by atoms with Crippen molar-refractivity contribution >= 4 is 17.8 Å². The SMILES string of the molecule is CC=C(C)C(=O)OC1CCN2C(=O)C3CC(CN4C(=O)CCCC34)C2C1. The number of nitrogens with zero attached hydrogens (tertiary/aromatic N) is 2. The van der Waals surface area contributed by atoms with Gasteiger partial charge in [0.1, 0.15) is 6.10 Å². The predicted octanol–water partition coefficient (Wildman–Crippen LogP) is 1.89. The lowest BCUT2D eigenvalue weighted by molar-refractivity contribution is -0.170. The van der Waals surface area contributed by atoms with Gasteiger partial charge in [0.2, 0.25) is 11.8 Å². The maximum Gasteiger partial charge on any atom is 0.333 e. The van der Waals surface area contributed by atoms with Crippen LogP contribution in [0.15, 0.2) is 11.6 Å². The third-order valence-electron chi connectivity index (χ3n) is 6.83. The van der Waals surface area contributed by atoms with E-state index < -0.39 is 0 Å². The monoisotopic (exact) mass is 360 g/mol. The molecule has 4 heterocycles. The van der Waals surface area contributed by atoms with Crippen LogP contribution in [-0.2, 0) is 19.1 Å². The molecular weight excluding hydrogens is 332 g/mol. The molecule has 2 bridgehead atoms. The highest BCUT2D eigenvalue weighted by Gasteiger charge is 2.53. The molecule has 0 N–H and O–H groups in total. The third kappa shape index (κ3) is 2.83. The van der Waals surface area contributed by atoms with Crippen LogP contribution in [-0.4, -0.2) is 58.9 Å². The molecule has 0 aromatic rings. The summed E-state index contributed by atoms with van der Waals surface area (Å²) in [4.78, 5) is 41.6. The van der Waals surface area contributed by atoms with E-state index in [0.29, 0.717) is 37.3 Å². The molecule has 6 heteroatoms. The Morgan fingerprint density at radius 1 is 1.15 bits per heavy atom. The van der Waals surface area contributed by atoms with Gasteiger partial charge < -0.3 is 14.5 Å². The van der Waals surface area contributed by atoms with Crippen LogP contribution in [0, 0.1) is 11.8 Å². The molecule has 0 spiro atoms. The van der Waals surface area contributed by atoms with Gasteiger partial charge in [-0.3, -0.25) is 9.59 Å². The molecule has 4 aliphatic heterocycles. The summed E-state index contributed by atoms with van der Waals surface area (Å²) in [6, 6.07) is 0.195. The maximum absolute atomic E-state index is 13.1. The molecule has 0 aromatic heterocycles. The molecule has 0 aliphatic carbocycles. The normalized spacial score (nSPS) is 37.2. The number of piperidine rings is 4. The molecule has 0 saturated carbocycles. The van der Waals surface area contributed by atoms with Crippen molar-refractivity contribution in [1.82, 2.24) is 9.80 Å². The number of fused-ring (bicyclic) bond motifs is 6. The molecule has 0 aromatic carbocycles. The van der Waals surface area contributed by atoms with Crippen molar-refractivity contribution in [3.63, 3.8) is 0 Å². The molecule has 4 saturated heterocycles. The zero-order valence-electron chi connectivity index (χ0n) is 15.6. The first-order chi connectivity index (χ1) is 12.5. The van der Waals surface area contributed by atoms with Gasteiger partial charge in [0, 0.05) is 50.0 Å². The average molecular weight is 360 g/mol. The highest BCUT2D eigenvalue weighted by atomic mass is 16.5. The second kappa shape index (κ2) is 6.71. The van der Waals surface area contributed by atoms with Crippen LogP contribution in [0.4, 0.5) is 0 Å². The smallest absolute Gasteiger partial charge is 0.333 e. The lowest BCUT2D eigenvalue weighted by Gasteiger charge is -2.56. The highest BCUT2D eigenvalue weighted by molar-refractivity contribution is 5.88. The number of hydrogen-bond donors (Lipinski definition) is 0. The molecule has 6 nitrogen and oxygen atoms in total. The number of amides is 2. The Morgan fingerprint density at radius 3 is 2.73 bits per heavy atom. The van der Waals surface area contributed by atoms with Crippen molar-refractivity contribution in [2.24, 2.45) is 11.8 Å². The summed E-state index contributed by atoms with van der Waals surface area (Å²) >= 11 is 0. The third-order valence-corrected chi connectivity index (χ3v) is 6.83. The van der Waals surface area contributed by atoms with Crippen LogP contribution in [0.3, 0.4) is 0 Å². The van der Waals surface area contributed by atoms with E-state index in [1.807, 2.05) is 16.7 Å². The topological polar surface area (TPSA) is 66.9 Å². The molecule has 5 unspecified atom stereocenters. The van der Waals surface area contributed by atoms with Crippen LogP contribution >= 0.6 is 0 Å². The largest absolute Gasteiger partial charge is 0.459 e. The van der Waals surface area contributed by atoms with Gasteiger partial charge in [-0.15, -0.1) is 0 Å². The Labute approximate surface area is 154 Å². The molecule has 0 radical (unpaired) electrons. The quantitative estimate of drug-likeness (QED) is 0.557. The minimum atomic E-state index is -0.263. The summed E-state index contributed by atoms with van der Waals surface area (Å²) in [6.45, 7) is 5.00. The highest BCUT2D eigenvalue weighted by Crippen LogP contribution is 2.44. The first-order valence-electron chi connectivity index (χ1n) is 9.93. The van der Waals surface area contributed by atoms with Crippen LogP contribution in [0.5, 0.6) is 0 Å². The average Bonchev–Trinajstić information content (AvgIpc) is 2.65.